The Hall–Kier alpha value is -2.50. The minimum Gasteiger partial charge on any atom is -0.494 e. The maximum Gasteiger partial charge on any atom is 0.305 e. The molecule has 1 aromatic carbocycles. The first-order valence-electron chi connectivity index (χ1n) is 6.63. The van der Waals surface area contributed by atoms with E-state index in [-0.39, 0.29) is 18.7 Å². The van der Waals surface area contributed by atoms with E-state index in [0.717, 1.165) is 5.56 Å². The van der Waals surface area contributed by atoms with Gasteiger partial charge >= 0.3 is 5.97 Å². The van der Waals surface area contributed by atoms with Gasteiger partial charge in [0.05, 0.1) is 6.42 Å². The number of carboxylic acids is 1. The van der Waals surface area contributed by atoms with Crippen LogP contribution in [0, 0.1) is 6.92 Å². The topological polar surface area (TPSA) is 76.1 Å². The molecule has 0 unspecified atom stereocenters. The molecule has 0 saturated heterocycles. The first-order chi connectivity index (χ1) is 10.1. The minimum absolute atomic E-state index is 0.0674. The van der Waals surface area contributed by atoms with Crippen LogP contribution in [0.25, 0.3) is 0 Å². The van der Waals surface area contributed by atoms with Gasteiger partial charge in [0.2, 0.25) is 5.76 Å². The second kappa shape index (κ2) is 6.78. The van der Waals surface area contributed by atoms with Gasteiger partial charge in [-0.1, -0.05) is 17.7 Å². The second-order valence-electron chi connectivity index (χ2n) is 4.64. The van der Waals surface area contributed by atoms with Crippen molar-refractivity contribution in [3.8, 4) is 0 Å². The number of carboxylic acid groups (broad SMARTS) is 1. The van der Waals surface area contributed by atoms with E-state index in [1.165, 1.54) is 11.2 Å². The quantitative estimate of drug-likeness (QED) is 0.893. The van der Waals surface area contributed by atoms with Crippen molar-refractivity contribution in [2.75, 3.05) is 24.7 Å². The van der Waals surface area contributed by atoms with Gasteiger partial charge in [-0.15, -0.1) is 0 Å². The average molecular weight is 291 g/mol. The molecule has 112 valence electrons. The maximum absolute atomic E-state index is 12.5. The number of nitrogens with zero attached hydrogens (tertiary/aromatic N) is 1. The first kappa shape index (κ1) is 14.9. The third-order valence-corrected chi connectivity index (χ3v) is 3.00. The second-order valence-corrected chi connectivity index (χ2v) is 4.64. The molecule has 0 aromatic heterocycles. The fraction of sp³-hybridized carbons (Fsp3) is 0.333. The zero-order chi connectivity index (χ0) is 15.2. The summed E-state index contributed by atoms with van der Waals surface area (Å²) in [5.41, 5.74) is 1.68. The number of hydrogen-bond acceptors (Lipinski definition) is 4. The Bertz CT molecular complexity index is 550. The Morgan fingerprint density at radius 2 is 1.95 bits per heavy atom. The molecular formula is C15H17NO5. The van der Waals surface area contributed by atoms with Gasteiger partial charge < -0.3 is 19.5 Å². The summed E-state index contributed by atoms with van der Waals surface area (Å²) in [5, 5.41) is 8.84. The third kappa shape index (κ3) is 3.98. The number of carbonyl (C=O) groups excluding carboxylic acids is 1. The lowest BCUT2D eigenvalue weighted by atomic mass is 10.2. The van der Waals surface area contributed by atoms with Crippen molar-refractivity contribution >= 4 is 17.6 Å². The molecule has 0 saturated carbocycles. The Labute approximate surface area is 122 Å². The van der Waals surface area contributed by atoms with Crippen LogP contribution in [-0.2, 0) is 19.1 Å². The minimum atomic E-state index is -0.963. The molecule has 0 radical (unpaired) electrons. The summed E-state index contributed by atoms with van der Waals surface area (Å²) in [7, 11) is 0. The van der Waals surface area contributed by atoms with Gasteiger partial charge in [-0.05, 0) is 19.1 Å². The van der Waals surface area contributed by atoms with E-state index in [9.17, 15) is 9.59 Å². The Morgan fingerprint density at radius 1 is 1.24 bits per heavy atom. The highest BCUT2D eigenvalue weighted by atomic mass is 16.6. The largest absolute Gasteiger partial charge is 0.494 e. The molecule has 0 spiro atoms. The predicted octanol–water partition coefficient (Wildman–Crippen LogP) is 1.69. The SMILES string of the molecule is Cc1ccc(N(CCC(=O)O)C(=O)C2=COCCO2)cc1. The molecular weight excluding hydrogens is 274 g/mol. The molecule has 1 heterocycles. The van der Waals surface area contributed by atoms with Gasteiger partial charge in [0, 0.05) is 12.2 Å². The Morgan fingerprint density at radius 3 is 2.52 bits per heavy atom. The molecule has 1 amide bonds. The van der Waals surface area contributed by atoms with Crippen LogP contribution in [0.3, 0.4) is 0 Å². The van der Waals surface area contributed by atoms with Crippen LogP contribution in [-0.4, -0.2) is 36.7 Å². The van der Waals surface area contributed by atoms with Gasteiger partial charge in [0.1, 0.15) is 19.5 Å². The smallest absolute Gasteiger partial charge is 0.305 e. The predicted molar refractivity (Wildman–Crippen MR) is 75.8 cm³/mol. The lowest BCUT2D eigenvalue weighted by Gasteiger charge is -2.24. The van der Waals surface area contributed by atoms with Crippen molar-refractivity contribution in [3.05, 3.63) is 41.9 Å². The molecule has 0 atom stereocenters. The van der Waals surface area contributed by atoms with Gasteiger partial charge in [0.25, 0.3) is 5.91 Å². The Kier molecular flexibility index (Phi) is 4.81. The van der Waals surface area contributed by atoms with Crippen molar-refractivity contribution < 1.29 is 24.2 Å². The fourth-order valence-corrected chi connectivity index (χ4v) is 1.89. The number of rotatable bonds is 5. The summed E-state index contributed by atoms with van der Waals surface area (Å²) in [5.74, 6) is -1.28. The highest BCUT2D eigenvalue weighted by Gasteiger charge is 2.24. The van der Waals surface area contributed by atoms with Crippen molar-refractivity contribution in [2.24, 2.45) is 0 Å². The molecule has 21 heavy (non-hydrogen) atoms. The van der Waals surface area contributed by atoms with Gasteiger partial charge in [-0.2, -0.15) is 0 Å². The van der Waals surface area contributed by atoms with Crippen LogP contribution in [0.4, 0.5) is 5.69 Å². The van der Waals surface area contributed by atoms with Crippen LogP contribution in [0.15, 0.2) is 36.3 Å². The van der Waals surface area contributed by atoms with E-state index < -0.39 is 11.9 Å². The number of carbonyl (C=O) groups is 2. The Balaban J connectivity index is 2.22. The van der Waals surface area contributed by atoms with E-state index >= 15 is 0 Å². The van der Waals surface area contributed by atoms with Crippen LogP contribution in [0.1, 0.15) is 12.0 Å². The number of amides is 1. The number of ether oxygens (including phenoxy) is 2. The lowest BCUT2D eigenvalue weighted by Crippen LogP contribution is -2.35. The van der Waals surface area contributed by atoms with Crippen LogP contribution in [0.5, 0.6) is 0 Å². The van der Waals surface area contributed by atoms with Gasteiger partial charge in [-0.3, -0.25) is 9.59 Å². The number of benzene rings is 1. The van der Waals surface area contributed by atoms with Crippen LogP contribution in [0.2, 0.25) is 0 Å². The van der Waals surface area contributed by atoms with Gasteiger partial charge in [0.15, 0.2) is 0 Å². The highest BCUT2D eigenvalue weighted by Crippen LogP contribution is 2.19. The summed E-state index contributed by atoms with van der Waals surface area (Å²) in [6.07, 6.45) is 1.13. The summed E-state index contributed by atoms with van der Waals surface area (Å²) in [6.45, 7) is 2.71. The molecule has 0 aliphatic carbocycles. The number of aliphatic carboxylic acids is 1. The third-order valence-electron chi connectivity index (χ3n) is 3.00. The zero-order valence-corrected chi connectivity index (χ0v) is 11.7. The number of hydrogen-bond donors (Lipinski definition) is 1. The number of anilines is 1. The zero-order valence-electron chi connectivity index (χ0n) is 11.7. The van der Waals surface area contributed by atoms with Crippen molar-refractivity contribution in [2.45, 2.75) is 13.3 Å². The molecule has 1 N–H and O–H groups in total. The molecule has 2 rings (SSSR count). The van der Waals surface area contributed by atoms with Crippen LogP contribution < -0.4 is 4.90 Å². The maximum atomic E-state index is 12.5. The van der Waals surface area contributed by atoms with E-state index in [0.29, 0.717) is 18.9 Å². The summed E-state index contributed by atoms with van der Waals surface area (Å²) < 4.78 is 10.4. The first-order valence-corrected chi connectivity index (χ1v) is 6.63. The highest BCUT2D eigenvalue weighted by molar-refractivity contribution is 6.04. The van der Waals surface area contributed by atoms with E-state index in [1.54, 1.807) is 12.1 Å². The molecule has 1 aromatic rings. The lowest BCUT2D eigenvalue weighted by molar-refractivity contribution is -0.136. The summed E-state index contributed by atoms with van der Waals surface area (Å²) >= 11 is 0. The number of aryl methyl sites for hydroxylation is 1. The molecule has 6 heteroatoms. The molecule has 0 bridgehead atoms. The molecule has 0 fully saturated rings. The van der Waals surface area contributed by atoms with Crippen molar-refractivity contribution in [1.29, 1.82) is 0 Å². The normalized spacial score (nSPS) is 13.7. The standard InChI is InChI=1S/C15H17NO5/c1-11-2-4-12(5-3-11)16(7-6-14(17)18)15(19)13-10-20-8-9-21-13/h2-5,10H,6-9H2,1H3,(H,17,18). The van der Waals surface area contributed by atoms with E-state index in [4.69, 9.17) is 14.6 Å². The van der Waals surface area contributed by atoms with Crippen molar-refractivity contribution in [1.82, 2.24) is 0 Å². The van der Waals surface area contributed by atoms with E-state index in [1.807, 2.05) is 19.1 Å². The summed E-state index contributed by atoms with van der Waals surface area (Å²) in [4.78, 5) is 24.6. The molecule has 1 aliphatic heterocycles. The van der Waals surface area contributed by atoms with Gasteiger partial charge in [-0.25, -0.2) is 0 Å². The fourth-order valence-electron chi connectivity index (χ4n) is 1.89. The summed E-state index contributed by atoms with van der Waals surface area (Å²) in [6, 6.07) is 7.28. The molecule has 6 nitrogen and oxygen atoms in total. The monoisotopic (exact) mass is 291 g/mol. The average Bonchev–Trinajstić information content (AvgIpc) is 2.49. The van der Waals surface area contributed by atoms with Crippen molar-refractivity contribution in [3.63, 3.8) is 0 Å². The molecule has 1 aliphatic rings. The van der Waals surface area contributed by atoms with Crippen LogP contribution >= 0.6 is 0 Å². The van der Waals surface area contributed by atoms with E-state index in [2.05, 4.69) is 0 Å².